The fraction of sp³-hybridized carbons (Fsp3) is 0.200. The van der Waals surface area contributed by atoms with Crippen LogP contribution in [0, 0.1) is 10.1 Å². The van der Waals surface area contributed by atoms with Gasteiger partial charge in [-0.1, -0.05) is 41.9 Å². The predicted molar refractivity (Wildman–Crippen MR) is 79.8 cm³/mol. The van der Waals surface area contributed by atoms with Gasteiger partial charge in [0, 0.05) is 22.7 Å². The first kappa shape index (κ1) is 14.5. The Morgan fingerprint density at radius 3 is 2.55 bits per heavy atom. The molecule has 1 unspecified atom stereocenters. The van der Waals surface area contributed by atoms with Crippen molar-refractivity contribution in [3.63, 3.8) is 0 Å². The van der Waals surface area contributed by atoms with Gasteiger partial charge < -0.3 is 5.73 Å². The van der Waals surface area contributed by atoms with Crippen LogP contribution in [0.2, 0.25) is 5.02 Å². The normalized spacial score (nSPS) is 12.1. The highest BCUT2D eigenvalue weighted by Crippen LogP contribution is 2.26. The fourth-order valence-electron chi connectivity index (χ4n) is 2.11. The number of aryl methyl sites for hydroxylation is 1. The van der Waals surface area contributed by atoms with Crippen LogP contribution in [0.1, 0.15) is 23.6 Å². The number of nitrogens with two attached hydrogens (primary N) is 1. The number of halogens is 1. The van der Waals surface area contributed by atoms with E-state index in [0.29, 0.717) is 23.4 Å². The fourth-order valence-corrected chi connectivity index (χ4v) is 2.31. The van der Waals surface area contributed by atoms with Crippen LogP contribution in [-0.4, -0.2) is 4.92 Å². The zero-order chi connectivity index (χ0) is 14.5. The standard InChI is InChI=1S/C15H15ClN2O2/c16-13-7-9-15(18(19)20)12(10-13)6-8-14(17)11-4-2-1-3-5-11/h1-5,7,9-10,14H,6,8,17H2. The van der Waals surface area contributed by atoms with Crippen molar-refractivity contribution in [1.82, 2.24) is 0 Å². The Morgan fingerprint density at radius 1 is 1.20 bits per heavy atom. The third-order valence-electron chi connectivity index (χ3n) is 3.19. The molecule has 104 valence electrons. The van der Waals surface area contributed by atoms with Gasteiger partial charge in [-0.25, -0.2) is 0 Å². The van der Waals surface area contributed by atoms with Gasteiger partial charge in [0.05, 0.1) is 4.92 Å². The maximum absolute atomic E-state index is 11.0. The monoisotopic (exact) mass is 290 g/mol. The molecule has 20 heavy (non-hydrogen) atoms. The second-order valence-electron chi connectivity index (χ2n) is 4.59. The average molecular weight is 291 g/mol. The first-order chi connectivity index (χ1) is 9.58. The number of rotatable bonds is 5. The summed E-state index contributed by atoms with van der Waals surface area (Å²) in [6, 6.07) is 14.2. The molecule has 0 heterocycles. The highest BCUT2D eigenvalue weighted by Gasteiger charge is 2.15. The molecule has 2 N–H and O–H groups in total. The molecule has 0 fully saturated rings. The van der Waals surface area contributed by atoms with E-state index in [2.05, 4.69) is 0 Å². The minimum absolute atomic E-state index is 0.0923. The minimum Gasteiger partial charge on any atom is -0.324 e. The summed E-state index contributed by atoms with van der Waals surface area (Å²) in [6.07, 6.45) is 1.15. The van der Waals surface area contributed by atoms with Crippen molar-refractivity contribution in [3.8, 4) is 0 Å². The summed E-state index contributed by atoms with van der Waals surface area (Å²) >= 11 is 5.90. The average Bonchev–Trinajstić information content (AvgIpc) is 2.45. The summed E-state index contributed by atoms with van der Waals surface area (Å²) in [4.78, 5) is 10.6. The van der Waals surface area contributed by atoms with Crippen molar-refractivity contribution >= 4 is 17.3 Å². The Hall–Kier alpha value is -1.91. The highest BCUT2D eigenvalue weighted by atomic mass is 35.5. The van der Waals surface area contributed by atoms with E-state index >= 15 is 0 Å². The summed E-state index contributed by atoms with van der Waals surface area (Å²) in [5.74, 6) is 0. The van der Waals surface area contributed by atoms with E-state index in [1.165, 1.54) is 12.1 Å². The van der Waals surface area contributed by atoms with Crippen LogP contribution < -0.4 is 5.73 Å². The lowest BCUT2D eigenvalue weighted by molar-refractivity contribution is -0.385. The van der Waals surface area contributed by atoms with E-state index in [1.807, 2.05) is 30.3 Å². The number of nitro groups is 1. The van der Waals surface area contributed by atoms with Crippen molar-refractivity contribution < 1.29 is 4.92 Å². The summed E-state index contributed by atoms with van der Waals surface area (Å²) in [6.45, 7) is 0. The molecule has 0 bridgehead atoms. The number of hydrogen-bond acceptors (Lipinski definition) is 3. The number of hydrogen-bond donors (Lipinski definition) is 1. The molecule has 0 spiro atoms. The Balaban J connectivity index is 2.11. The van der Waals surface area contributed by atoms with E-state index < -0.39 is 0 Å². The zero-order valence-electron chi connectivity index (χ0n) is 10.8. The highest BCUT2D eigenvalue weighted by molar-refractivity contribution is 6.30. The molecule has 0 aliphatic carbocycles. The molecular weight excluding hydrogens is 276 g/mol. The molecule has 2 rings (SSSR count). The van der Waals surface area contributed by atoms with Crippen LogP contribution in [0.15, 0.2) is 48.5 Å². The maximum atomic E-state index is 11.0. The van der Waals surface area contributed by atoms with Gasteiger partial charge in [0.15, 0.2) is 0 Å². The number of benzene rings is 2. The molecule has 0 radical (unpaired) electrons. The first-order valence-electron chi connectivity index (χ1n) is 6.31. The lowest BCUT2D eigenvalue weighted by atomic mass is 9.99. The van der Waals surface area contributed by atoms with Crippen molar-refractivity contribution in [2.45, 2.75) is 18.9 Å². The minimum atomic E-state index is -0.389. The van der Waals surface area contributed by atoms with Crippen molar-refractivity contribution in [2.24, 2.45) is 5.73 Å². The number of nitro benzene ring substituents is 1. The second-order valence-corrected chi connectivity index (χ2v) is 5.02. The van der Waals surface area contributed by atoms with E-state index in [1.54, 1.807) is 6.07 Å². The van der Waals surface area contributed by atoms with E-state index in [4.69, 9.17) is 17.3 Å². The van der Waals surface area contributed by atoms with Crippen LogP contribution >= 0.6 is 11.6 Å². The van der Waals surface area contributed by atoms with E-state index in [-0.39, 0.29) is 16.7 Å². The van der Waals surface area contributed by atoms with Gasteiger partial charge in [-0.2, -0.15) is 0 Å². The van der Waals surface area contributed by atoms with Gasteiger partial charge in [0.2, 0.25) is 0 Å². The topological polar surface area (TPSA) is 69.2 Å². The Bertz CT molecular complexity index is 602. The van der Waals surface area contributed by atoms with Gasteiger partial charge >= 0.3 is 0 Å². The van der Waals surface area contributed by atoms with Crippen LogP contribution in [-0.2, 0) is 6.42 Å². The summed E-state index contributed by atoms with van der Waals surface area (Å²) in [7, 11) is 0. The lowest BCUT2D eigenvalue weighted by Gasteiger charge is -2.12. The smallest absolute Gasteiger partial charge is 0.272 e. The molecule has 0 saturated carbocycles. The Labute approximate surface area is 122 Å². The molecule has 0 amide bonds. The molecule has 2 aromatic carbocycles. The molecule has 0 aliphatic heterocycles. The molecule has 5 heteroatoms. The Morgan fingerprint density at radius 2 is 1.90 bits per heavy atom. The second kappa shape index (κ2) is 6.50. The van der Waals surface area contributed by atoms with Gasteiger partial charge in [-0.3, -0.25) is 10.1 Å². The van der Waals surface area contributed by atoms with Crippen molar-refractivity contribution in [1.29, 1.82) is 0 Å². The molecule has 2 aromatic rings. The predicted octanol–water partition coefficient (Wildman–Crippen LogP) is 3.88. The third kappa shape index (κ3) is 3.56. The Kier molecular flexibility index (Phi) is 4.71. The van der Waals surface area contributed by atoms with Crippen molar-refractivity contribution in [2.75, 3.05) is 0 Å². The van der Waals surface area contributed by atoms with Crippen LogP contribution in [0.3, 0.4) is 0 Å². The first-order valence-corrected chi connectivity index (χ1v) is 6.69. The third-order valence-corrected chi connectivity index (χ3v) is 3.43. The number of nitrogens with zero attached hydrogens (tertiary/aromatic N) is 1. The van der Waals surface area contributed by atoms with Gasteiger partial charge in [-0.15, -0.1) is 0 Å². The molecule has 0 aliphatic rings. The van der Waals surface area contributed by atoms with Gasteiger partial charge in [0.1, 0.15) is 0 Å². The summed E-state index contributed by atoms with van der Waals surface area (Å²) in [5.41, 5.74) is 7.84. The lowest BCUT2D eigenvalue weighted by Crippen LogP contribution is -2.11. The molecular formula is C15H15ClN2O2. The molecule has 1 atom stereocenters. The van der Waals surface area contributed by atoms with Crippen LogP contribution in [0.25, 0.3) is 0 Å². The molecule has 0 saturated heterocycles. The quantitative estimate of drug-likeness (QED) is 0.671. The van der Waals surface area contributed by atoms with Crippen LogP contribution in [0.4, 0.5) is 5.69 Å². The summed E-state index contributed by atoms with van der Waals surface area (Å²) in [5, 5.41) is 11.5. The largest absolute Gasteiger partial charge is 0.324 e. The van der Waals surface area contributed by atoms with E-state index in [9.17, 15) is 10.1 Å². The molecule has 4 nitrogen and oxygen atoms in total. The van der Waals surface area contributed by atoms with Crippen LogP contribution in [0.5, 0.6) is 0 Å². The maximum Gasteiger partial charge on any atom is 0.272 e. The van der Waals surface area contributed by atoms with Gasteiger partial charge in [0.25, 0.3) is 5.69 Å². The van der Waals surface area contributed by atoms with Gasteiger partial charge in [-0.05, 0) is 30.5 Å². The SMILES string of the molecule is NC(CCc1cc(Cl)ccc1[N+](=O)[O-])c1ccccc1. The summed E-state index contributed by atoms with van der Waals surface area (Å²) < 4.78 is 0. The van der Waals surface area contributed by atoms with E-state index in [0.717, 1.165) is 5.56 Å². The zero-order valence-corrected chi connectivity index (χ0v) is 11.6. The van der Waals surface area contributed by atoms with Crippen molar-refractivity contribution in [3.05, 3.63) is 74.8 Å². The molecule has 0 aromatic heterocycles.